The maximum atomic E-state index is 10.9. The number of allylic oxidation sites excluding steroid dienone is 1. The lowest BCUT2D eigenvalue weighted by Crippen LogP contribution is -1.90. The normalized spacial score (nSPS) is 11.3. The van der Waals surface area contributed by atoms with Crippen molar-refractivity contribution >= 4 is 16.9 Å². The maximum Gasteiger partial charge on any atom is 0.270 e. The highest BCUT2D eigenvalue weighted by molar-refractivity contribution is 6.02. The lowest BCUT2D eigenvalue weighted by atomic mass is 10.0. The van der Waals surface area contributed by atoms with Crippen molar-refractivity contribution in [3.8, 4) is 17.2 Å². The fraction of sp³-hybridized carbons (Fsp3) is 0. The van der Waals surface area contributed by atoms with Crippen LogP contribution in [-0.4, -0.2) is 9.85 Å². The van der Waals surface area contributed by atoms with Gasteiger partial charge in [0.25, 0.3) is 11.4 Å². The van der Waals surface area contributed by atoms with Crippen molar-refractivity contribution in [1.29, 1.82) is 5.26 Å². The quantitative estimate of drug-likeness (QED) is 0.408. The molecule has 0 radical (unpaired) electrons. The number of hydrogen-bond acceptors (Lipinski definition) is 5. The molecular formula is C15H7N3O4. The molecule has 0 unspecified atom stereocenters. The zero-order chi connectivity index (χ0) is 15.9. The monoisotopic (exact) mass is 293 g/mol. The van der Waals surface area contributed by atoms with Gasteiger partial charge in [0.2, 0.25) is 0 Å². The first-order chi connectivity index (χ1) is 10.5. The molecule has 0 aromatic heterocycles. The summed E-state index contributed by atoms with van der Waals surface area (Å²) < 4.78 is 0. The Morgan fingerprint density at radius 1 is 0.864 bits per heavy atom. The van der Waals surface area contributed by atoms with Gasteiger partial charge in [0, 0.05) is 35.9 Å². The van der Waals surface area contributed by atoms with Crippen LogP contribution >= 0.6 is 0 Å². The van der Waals surface area contributed by atoms with Crippen molar-refractivity contribution in [3.63, 3.8) is 0 Å². The van der Waals surface area contributed by atoms with Crippen LogP contribution in [0.2, 0.25) is 0 Å². The van der Waals surface area contributed by atoms with E-state index in [4.69, 9.17) is 5.26 Å². The van der Waals surface area contributed by atoms with Crippen molar-refractivity contribution in [2.24, 2.45) is 0 Å². The number of nitriles is 1. The summed E-state index contributed by atoms with van der Waals surface area (Å²) in [6.45, 7) is 0. The van der Waals surface area contributed by atoms with E-state index in [0.29, 0.717) is 16.7 Å². The van der Waals surface area contributed by atoms with Gasteiger partial charge >= 0.3 is 0 Å². The second kappa shape index (κ2) is 4.79. The molecule has 0 heterocycles. The van der Waals surface area contributed by atoms with Crippen LogP contribution in [0.5, 0.6) is 0 Å². The van der Waals surface area contributed by atoms with Gasteiger partial charge < -0.3 is 0 Å². The average Bonchev–Trinajstić information content (AvgIpc) is 2.80. The summed E-state index contributed by atoms with van der Waals surface area (Å²) in [7, 11) is 0. The van der Waals surface area contributed by atoms with Gasteiger partial charge in [-0.3, -0.25) is 20.2 Å². The number of non-ortho nitro benzene ring substituents is 2. The Labute approximate surface area is 124 Å². The Morgan fingerprint density at radius 3 is 1.68 bits per heavy atom. The molecule has 0 saturated heterocycles. The smallest absolute Gasteiger partial charge is 0.258 e. The second-order valence-corrected chi connectivity index (χ2v) is 4.66. The van der Waals surface area contributed by atoms with Gasteiger partial charge in [-0.25, -0.2) is 0 Å². The predicted molar refractivity (Wildman–Crippen MR) is 77.9 cm³/mol. The minimum absolute atomic E-state index is 0.0927. The summed E-state index contributed by atoms with van der Waals surface area (Å²) in [6.07, 6.45) is 1.25. The number of nitrogens with zero attached hydrogens (tertiary/aromatic N) is 3. The maximum absolute atomic E-state index is 10.9. The number of benzene rings is 2. The molecule has 0 aliphatic heterocycles. The number of rotatable bonds is 2. The molecule has 0 N–H and O–H groups in total. The van der Waals surface area contributed by atoms with Crippen LogP contribution in [0, 0.1) is 31.6 Å². The second-order valence-electron chi connectivity index (χ2n) is 4.66. The van der Waals surface area contributed by atoms with Crippen molar-refractivity contribution < 1.29 is 9.85 Å². The third kappa shape index (κ3) is 1.91. The molecule has 3 rings (SSSR count). The minimum Gasteiger partial charge on any atom is -0.258 e. The molecule has 0 amide bonds. The molecule has 1 aliphatic rings. The molecule has 2 aromatic rings. The standard InChI is InChI=1S/C15H7N3O4/c16-6-5-13-14-7-9(17(19)20)1-3-11(14)12-4-2-10(18(21)22)8-15(12)13/h1-5,7-8H. The van der Waals surface area contributed by atoms with Crippen LogP contribution in [0.15, 0.2) is 42.5 Å². The first-order valence-corrected chi connectivity index (χ1v) is 6.20. The van der Waals surface area contributed by atoms with Gasteiger partial charge in [-0.05, 0) is 34.4 Å². The zero-order valence-electron chi connectivity index (χ0n) is 11.0. The molecule has 0 fully saturated rings. The number of fused-ring (bicyclic) bond motifs is 3. The highest BCUT2D eigenvalue weighted by atomic mass is 16.6. The van der Waals surface area contributed by atoms with E-state index in [0.717, 1.165) is 11.1 Å². The number of nitro groups is 2. The molecule has 1 aliphatic carbocycles. The summed E-state index contributed by atoms with van der Waals surface area (Å²) in [6, 6.07) is 10.6. The molecule has 7 heteroatoms. The Kier molecular flexibility index (Phi) is 2.93. The van der Waals surface area contributed by atoms with E-state index in [-0.39, 0.29) is 11.4 Å². The van der Waals surface area contributed by atoms with Gasteiger partial charge in [0.1, 0.15) is 0 Å². The zero-order valence-corrected chi connectivity index (χ0v) is 11.0. The van der Waals surface area contributed by atoms with Gasteiger partial charge in [-0.2, -0.15) is 5.26 Å². The van der Waals surface area contributed by atoms with E-state index in [1.165, 1.54) is 30.3 Å². The first kappa shape index (κ1) is 13.5. The average molecular weight is 293 g/mol. The van der Waals surface area contributed by atoms with Crippen molar-refractivity contribution in [2.45, 2.75) is 0 Å². The lowest BCUT2D eigenvalue weighted by Gasteiger charge is -2.00. The first-order valence-electron chi connectivity index (χ1n) is 6.20. The Hall–Kier alpha value is -3.53. The topological polar surface area (TPSA) is 110 Å². The summed E-state index contributed by atoms with van der Waals surface area (Å²) in [5, 5.41) is 30.8. The fourth-order valence-corrected chi connectivity index (χ4v) is 2.57. The summed E-state index contributed by atoms with van der Waals surface area (Å²) >= 11 is 0. The van der Waals surface area contributed by atoms with Crippen LogP contribution in [0.1, 0.15) is 11.1 Å². The van der Waals surface area contributed by atoms with E-state index in [9.17, 15) is 20.2 Å². The fourth-order valence-electron chi connectivity index (χ4n) is 2.57. The van der Waals surface area contributed by atoms with Crippen molar-refractivity contribution in [3.05, 3.63) is 73.8 Å². The number of hydrogen-bond donors (Lipinski definition) is 0. The molecule has 2 aromatic carbocycles. The Balaban J connectivity index is 2.29. The SMILES string of the molecule is N#CC=C1c2cc([N+](=O)[O-])ccc2-c2ccc([N+](=O)[O-])cc21. The molecule has 7 nitrogen and oxygen atoms in total. The lowest BCUT2D eigenvalue weighted by molar-refractivity contribution is -0.385. The Morgan fingerprint density at radius 2 is 1.32 bits per heavy atom. The van der Waals surface area contributed by atoms with E-state index in [1.807, 2.05) is 6.07 Å². The third-order valence-corrected chi connectivity index (χ3v) is 3.51. The van der Waals surface area contributed by atoms with Gasteiger partial charge in [0.05, 0.1) is 15.9 Å². The summed E-state index contributed by atoms with van der Waals surface area (Å²) in [5.74, 6) is 0. The third-order valence-electron chi connectivity index (χ3n) is 3.51. The van der Waals surface area contributed by atoms with E-state index < -0.39 is 9.85 Å². The van der Waals surface area contributed by atoms with E-state index >= 15 is 0 Å². The molecular weight excluding hydrogens is 286 g/mol. The van der Waals surface area contributed by atoms with E-state index in [1.54, 1.807) is 12.1 Å². The minimum atomic E-state index is -0.518. The Bertz CT molecular complexity index is 844. The van der Waals surface area contributed by atoms with Crippen LogP contribution in [0.3, 0.4) is 0 Å². The van der Waals surface area contributed by atoms with Crippen LogP contribution in [-0.2, 0) is 0 Å². The summed E-state index contributed by atoms with van der Waals surface area (Å²) in [4.78, 5) is 20.8. The largest absolute Gasteiger partial charge is 0.270 e. The van der Waals surface area contributed by atoms with Crippen LogP contribution < -0.4 is 0 Å². The predicted octanol–water partition coefficient (Wildman–Crippen LogP) is 3.44. The number of nitro benzene ring substituents is 2. The van der Waals surface area contributed by atoms with E-state index in [2.05, 4.69) is 0 Å². The summed E-state index contributed by atoms with van der Waals surface area (Å²) in [5.41, 5.74) is 2.78. The van der Waals surface area contributed by atoms with Gasteiger partial charge in [-0.1, -0.05) is 0 Å². The molecule has 0 atom stereocenters. The van der Waals surface area contributed by atoms with Crippen LogP contribution in [0.25, 0.3) is 16.7 Å². The van der Waals surface area contributed by atoms with Crippen molar-refractivity contribution in [2.75, 3.05) is 0 Å². The van der Waals surface area contributed by atoms with Crippen molar-refractivity contribution in [1.82, 2.24) is 0 Å². The highest BCUT2D eigenvalue weighted by Crippen LogP contribution is 2.46. The molecule has 106 valence electrons. The molecule has 0 bridgehead atoms. The van der Waals surface area contributed by atoms with Gasteiger partial charge in [-0.15, -0.1) is 0 Å². The molecule has 0 saturated carbocycles. The highest BCUT2D eigenvalue weighted by Gasteiger charge is 2.27. The molecule has 0 spiro atoms. The van der Waals surface area contributed by atoms with Gasteiger partial charge in [0.15, 0.2) is 0 Å². The van der Waals surface area contributed by atoms with Crippen LogP contribution in [0.4, 0.5) is 11.4 Å². The molecule has 22 heavy (non-hydrogen) atoms.